The summed E-state index contributed by atoms with van der Waals surface area (Å²) in [6.07, 6.45) is 2.65. The van der Waals surface area contributed by atoms with E-state index in [1.165, 1.54) is 25.9 Å². The maximum Gasteiger partial charge on any atom is 0.0565 e. The maximum atomic E-state index is 5.55. The normalized spacial score (nSPS) is 27.8. The van der Waals surface area contributed by atoms with Crippen molar-refractivity contribution in [3.8, 4) is 0 Å². The van der Waals surface area contributed by atoms with Crippen molar-refractivity contribution in [2.24, 2.45) is 11.3 Å². The van der Waals surface area contributed by atoms with Crippen LogP contribution in [0.4, 0.5) is 0 Å². The number of ether oxygens (including phenoxy) is 1. The van der Waals surface area contributed by atoms with Crippen molar-refractivity contribution in [3.63, 3.8) is 0 Å². The van der Waals surface area contributed by atoms with E-state index in [-0.39, 0.29) is 5.54 Å². The van der Waals surface area contributed by atoms with Gasteiger partial charge in [0, 0.05) is 11.0 Å². The van der Waals surface area contributed by atoms with Crippen LogP contribution in [0.25, 0.3) is 0 Å². The molecule has 0 aromatic heterocycles. The van der Waals surface area contributed by atoms with Crippen molar-refractivity contribution in [2.75, 3.05) is 40.4 Å². The molecule has 0 radical (unpaired) electrons. The summed E-state index contributed by atoms with van der Waals surface area (Å²) < 4.78 is 5.55. The number of likely N-dealkylation sites (tertiary alicyclic amines) is 1. The zero-order valence-corrected chi connectivity index (χ0v) is 11.2. The number of nitrogens with zero attached hydrogens (tertiary/aromatic N) is 1. The third-order valence-corrected chi connectivity index (χ3v) is 5.09. The lowest BCUT2D eigenvalue weighted by molar-refractivity contribution is -0.193. The van der Waals surface area contributed by atoms with Crippen LogP contribution in [0.5, 0.6) is 0 Å². The number of hydrogen-bond acceptors (Lipinski definition) is 3. The van der Waals surface area contributed by atoms with Crippen LogP contribution in [0.15, 0.2) is 0 Å². The second kappa shape index (κ2) is 4.28. The molecule has 2 heterocycles. The van der Waals surface area contributed by atoms with Gasteiger partial charge in [0.2, 0.25) is 0 Å². The summed E-state index contributed by atoms with van der Waals surface area (Å²) in [4.78, 5) is 2.44. The molecule has 0 atom stereocenters. The Hall–Kier alpha value is -0.120. The van der Waals surface area contributed by atoms with Crippen LogP contribution in [0, 0.1) is 11.3 Å². The fourth-order valence-electron chi connectivity index (χ4n) is 3.24. The van der Waals surface area contributed by atoms with Gasteiger partial charge in [-0.3, -0.25) is 0 Å². The highest BCUT2D eigenvalue weighted by atomic mass is 16.5. The minimum absolute atomic E-state index is 0.186. The van der Waals surface area contributed by atoms with Gasteiger partial charge in [-0.25, -0.2) is 0 Å². The monoisotopic (exact) mass is 226 g/mol. The first kappa shape index (κ1) is 12.3. The van der Waals surface area contributed by atoms with E-state index in [0.717, 1.165) is 19.1 Å². The zero-order valence-electron chi connectivity index (χ0n) is 11.2. The minimum atomic E-state index is 0.186. The van der Waals surface area contributed by atoms with Gasteiger partial charge in [0.1, 0.15) is 0 Å². The Morgan fingerprint density at radius 1 is 1.25 bits per heavy atom. The van der Waals surface area contributed by atoms with Gasteiger partial charge in [0.15, 0.2) is 0 Å². The molecule has 94 valence electrons. The van der Waals surface area contributed by atoms with E-state index in [1.54, 1.807) is 0 Å². The van der Waals surface area contributed by atoms with Crippen molar-refractivity contribution in [2.45, 2.75) is 32.2 Å². The molecule has 0 aliphatic carbocycles. The van der Waals surface area contributed by atoms with Gasteiger partial charge in [-0.15, -0.1) is 0 Å². The molecule has 0 bridgehead atoms. The predicted octanol–water partition coefficient (Wildman–Crippen LogP) is 1.34. The van der Waals surface area contributed by atoms with Gasteiger partial charge in [-0.2, -0.15) is 0 Å². The average molecular weight is 226 g/mol. The molecule has 2 rings (SSSR count). The summed E-state index contributed by atoms with van der Waals surface area (Å²) in [5.41, 5.74) is 0.550. The highest BCUT2D eigenvalue weighted by Crippen LogP contribution is 2.48. The van der Waals surface area contributed by atoms with Crippen LogP contribution in [0.2, 0.25) is 0 Å². The van der Waals surface area contributed by atoms with E-state index in [0.29, 0.717) is 5.41 Å². The lowest BCUT2D eigenvalue weighted by Gasteiger charge is -2.58. The third kappa shape index (κ3) is 1.79. The molecule has 0 unspecified atom stereocenters. The summed E-state index contributed by atoms with van der Waals surface area (Å²) >= 11 is 0. The smallest absolute Gasteiger partial charge is 0.0565 e. The SMILES string of the molecule is CNC(C)(C)C1(C2CCN(C)CC2)COC1. The van der Waals surface area contributed by atoms with Crippen LogP contribution in [0.3, 0.4) is 0 Å². The standard InChI is InChI=1S/C13H26N2O/c1-12(2,14-3)13(9-16-10-13)11-5-7-15(4)8-6-11/h11,14H,5-10H2,1-4H3. The van der Waals surface area contributed by atoms with Crippen LogP contribution < -0.4 is 5.32 Å². The maximum absolute atomic E-state index is 5.55. The Labute approximate surface area is 99.5 Å². The number of hydrogen-bond donors (Lipinski definition) is 1. The molecule has 2 saturated heterocycles. The molecule has 2 aliphatic heterocycles. The quantitative estimate of drug-likeness (QED) is 0.786. The van der Waals surface area contributed by atoms with E-state index in [1.807, 2.05) is 0 Å². The fraction of sp³-hybridized carbons (Fsp3) is 1.00. The molecule has 0 aromatic rings. The number of rotatable bonds is 3. The summed E-state index contributed by atoms with van der Waals surface area (Å²) in [5, 5.41) is 3.50. The Balaban J connectivity index is 2.10. The highest BCUT2D eigenvalue weighted by Gasteiger charge is 2.55. The van der Waals surface area contributed by atoms with Crippen molar-refractivity contribution in [3.05, 3.63) is 0 Å². The lowest BCUT2D eigenvalue weighted by Crippen LogP contribution is -2.67. The highest BCUT2D eigenvalue weighted by molar-refractivity contribution is 5.06. The molecule has 16 heavy (non-hydrogen) atoms. The fourth-order valence-corrected chi connectivity index (χ4v) is 3.24. The van der Waals surface area contributed by atoms with Crippen molar-refractivity contribution in [1.29, 1.82) is 0 Å². The second-order valence-corrected chi connectivity index (χ2v) is 6.10. The minimum Gasteiger partial charge on any atom is -0.380 e. The van der Waals surface area contributed by atoms with Gasteiger partial charge < -0.3 is 15.0 Å². The van der Waals surface area contributed by atoms with E-state index < -0.39 is 0 Å². The van der Waals surface area contributed by atoms with Crippen molar-refractivity contribution in [1.82, 2.24) is 10.2 Å². The molecule has 1 N–H and O–H groups in total. The summed E-state index contributed by atoms with van der Waals surface area (Å²) in [6.45, 7) is 9.02. The van der Waals surface area contributed by atoms with Crippen LogP contribution in [0.1, 0.15) is 26.7 Å². The van der Waals surface area contributed by atoms with Crippen LogP contribution >= 0.6 is 0 Å². The first-order chi connectivity index (χ1) is 7.52. The van der Waals surface area contributed by atoms with Crippen molar-refractivity contribution < 1.29 is 4.74 Å². The molecule has 0 amide bonds. The molecular weight excluding hydrogens is 200 g/mol. The first-order valence-corrected chi connectivity index (χ1v) is 6.47. The van der Waals surface area contributed by atoms with E-state index in [9.17, 15) is 0 Å². The average Bonchev–Trinajstić information content (AvgIpc) is 2.19. The number of nitrogens with one attached hydrogen (secondary N) is 1. The largest absolute Gasteiger partial charge is 0.380 e. The Morgan fingerprint density at radius 2 is 1.81 bits per heavy atom. The predicted molar refractivity (Wildman–Crippen MR) is 66.6 cm³/mol. The summed E-state index contributed by atoms with van der Waals surface area (Å²) in [5.74, 6) is 0.819. The molecule has 0 saturated carbocycles. The molecule has 0 spiro atoms. The molecule has 2 fully saturated rings. The lowest BCUT2D eigenvalue weighted by atomic mass is 9.59. The van der Waals surface area contributed by atoms with Gasteiger partial charge in [0.25, 0.3) is 0 Å². The van der Waals surface area contributed by atoms with Gasteiger partial charge in [-0.05, 0) is 59.8 Å². The van der Waals surface area contributed by atoms with Crippen LogP contribution in [-0.2, 0) is 4.74 Å². The van der Waals surface area contributed by atoms with E-state index in [2.05, 4.69) is 38.2 Å². The molecular formula is C13H26N2O. The topological polar surface area (TPSA) is 24.5 Å². The molecule has 2 aliphatic rings. The summed E-state index contributed by atoms with van der Waals surface area (Å²) in [7, 11) is 4.30. The van der Waals surface area contributed by atoms with E-state index in [4.69, 9.17) is 4.74 Å². The second-order valence-electron chi connectivity index (χ2n) is 6.10. The van der Waals surface area contributed by atoms with Gasteiger partial charge in [-0.1, -0.05) is 0 Å². The zero-order chi connectivity index (χ0) is 11.8. The Kier molecular flexibility index (Phi) is 3.30. The molecule has 0 aromatic carbocycles. The van der Waals surface area contributed by atoms with E-state index >= 15 is 0 Å². The first-order valence-electron chi connectivity index (χ1n) is 6.47. The Bertz CT molecular complexity index is 240. The van der Waals surface area contributed by atoms with Gasteiger partial charge in [0.05, 0.1) is 13.2 Å². The van der Waals surface area contributed by atoms with Crippen LogP contribution in [-0.4, -0.2) is 50.8 Å². The number of piperidine rings is 1. The Morgan fingerprint density at radius 3 is 2.19 bits per heavy atom. The van der Waals surface area contributed by atoms with Crippen molar-refractivity contribution >= 4 is 0 Å². The third-order valence-electron chi connectivity index (χ3n) is 5.09. The summed E-state index contributed by atoms with van der Waals surface area (Å²) in [6, 6.07) is 0. The van der Waals surface area contributed by atoms with Gasteiger partial charge >= 0.3 is 0 Å². The molecule has 3 heteroatoms. The molecule has 3 nitrogen and oxygen atoms in total.